The molecule has 0 aromatic heterocycles. The minimum atomic E-state index is 0. The van der Waals surface area contributed by atoms with Gasteiger partial charge in [0.15, 0.2) is 0 Å². The SMILES string of the molecule is Br.CCOc1ccccc1P. The molecule has 1 atom stereocenters. The third-order valence-electron chi connectivity index (χ3n) is 1.22. The lowest BCUT2D eigenvalue weighted by Gasteiger charge is -2.04. The highest BCUT2D eigenvalue weighted by Gasteiger charge is 1.93. The van der Waals surface area contributed by atoms with Gasteiger partial charge < -0.3 is 4.74 Å². The van der Waals surface area contributed by atoms with Crippen molar-refractivity contribution in [1.29, 1.82) is 0 Å². The van der Waals surface area contributed by atoms with Crippen LogP contribution in [-0.2, 0) is 0 Å². The van der Waals surface area contributed by atoms with Crippen molar-refractivity contribution in [2.24, 2.45) is 0 Å². The average Bonchev–Trinajstić information content (AvgIpc) is 1.94. The van der Waals surface area contributed by atoms with Crippen LogP contribution in [0.2, 0.25) is 0 Å². The molecule has 0 fully saturated rings. The maximum Gasteiger partial charge on any atom is 0.126 e. The van der Waals surface area contributed by atoms with E-state index in [1.165, 1.54) is 0 Å². The van der Waals surface area contributed by atoms with Crippen molar-refractivity contribution in [2.75, 3.05) is 6.61 Å². The monoisotopic (exact) mass is 234 g/mol. The van der Waals surface area contributed by atoms with E-state index in [0.29, 0.717) is 0 Å². The summed E-state index contributed by atoms with van der Waals surface area (Å²) in [5.74, 6) is 0.954. The summed E-state index contributed by atoms with van der Waals surface area (Å²) in [6.45, 7) is 2.71. The van der Waals surface area contributed by atoms with Crippen LogP contribution in [0.1, 0.15) is 6.92 Å². The number of rotatable bonds is 2. The summed E-state index contributed by atoms with van der Waals surface area (Å²) in [5, 5.41) is 1.12. The Labute approximate surface area is 80.1 Å². The van der Waals surface area contributed by atoms with Gasteiger partial charge >= 0.3 is 0 Å². The molecule has 11 heavy (non-hydrogen) atoms. The van der Waals surface area contributed by atoms with Crippen LogP contribution in [0, 0.1) is 0 Å². The summed E-state index contributed by atoms with van der Waals surface area (Å²) in [7, 11) is 2.64. The first kappa shape index (κ1) is 10.9. The minimum absolute atomic E-state index is 0. The summed E-state index contributed by atoms with van der Waals surface area (Å²) in [6, 6.07) is 7.94. The molecule has 62 valence electrons. The van der Waals surface area contributed by atoms with E-state index in [-0.39, 0.29) is 17.0 Å². The number of benzene rings is 1. The zero-order chi connectivity index (χ0) is 7.40. The molecule has 1 unspecified atom stereocenters. The largest absolute Gasteiger partial charge is 0.493 e. The van der Waals surface area contributed by atoms with Crippen LogP contribution in [0.15, 0.2) is 24.3 Å². The van der Waals surface area contributed by atoms with E-state index in [1.807, 2.05) is 31.2 Å². The molecule has 0 saturated heterocycles. The van der Waals surface area contributed by atoms with Crippen LogP contribution in [0.4, 0.5) is 0 Å². The highest BCUT2D eigenvalue weighted by atomic mass is 79.9. The van der Waals surface area contributed by atoms with Crippen molar-refractivity contribution in [3.05, 3.63) is 24.3 Å². The van der Waals surface area contributed by atoms with Gasteiger partial charge in [-0.25, -0.2) is 0 Å². The first-order valence-corrected chi connectivity index (χ1v) is 3.89. The van der Waals surface area contributed by atoms with E-state index in [9.17, 15) is 0 Å². The van der Waals surface area contributed by atoms with Gasteiger partial charge in [0, 0.05) is 5.30 Å². The quantitative estimate of drug-likeness (QED) is 0.713. The molecule has 0 bridgehead atoms. The minimum Gasteiger partial charge on any atom is -0.493 e. The summed E-state index contributed by atoms with van der Waals surface area (Å²) in [4.78, 5) is 0. The maximum absolute atomic E-state index is 5.32. The number of ether oxygens (including phenoxy) is 1. The second-order valence-corrected chi connectivity index (χ2v) is 2.59. The highest BCUT2D eigenvalue weighted by molar-refractivity contribution is 8.93. The second-order valence-electron chi connectivity index (χ2n) is 1.97. The van der Waals surface area contributed by atoms with Gasteiger partial charge in [0.2, 0.25) is 0 Å². The van der Waals surface area contributed by atoms with Crippen LogP contribution in [-0.4, -0.2) is 6.61 Å². The van der Waals surface area contributed by atoms with Gasteiger partial charge in [-0.05, 0) is 13.0 Å². The van der Waals surface area contributed by atoms with Crippen LogP contribution in [0.5, 0.6) is 5.75 Å². The molecule has 0 spiro atoms. The van der Waals surface area contributed by atoms with Crippen molar-refractivity contribution in [3.63, 3.8) is 0 Å². The van der Waals surface area contributed by atoms with E-state index < -0.39 is 0 Å². The van der Waals surface area contributed by atoms with Crippen LogP contribution in [0.25, 0.3) is 0 Å². The first-order chi connectivity index (χ1) is 4.84. The predicted octanol–water partition coefficient (Wildman–Crippen LogP) is 2.16. The van der Waals surface area contributed by atoms with Crippen molar-refractivity contribution < 1.29 is 4.74 Å². The van der Waals surface area contributed by atoms with Crippen molar-refractivity contribution in [3.8, 4) is 5.75 Å². The smallest absolute Gasteiger partial charge is 0.126 e. The first-order valence-electron chi connectivity index (χ1n) is 3.32. The van der Waals surface area contributed by atoms with Crippen molar-refractivity contribution >= 4 is 31.5 Å². The van der Waals surface area contributed by atoms with Gasteiger partial charge in [0.05, 0.1) is 6.61 Å². The zero-order valence-electron chi connectivity index (χ0n) is 6.41. The number of halogens is 1. The standard InChI is InChI=1S/C8H11OP.BrH/c1-2-9-7-5-3-4-6-8(7)10;/h3-6H,2,10H2,1H3;1H. The Balaban J connectivity index is 0.000001000. The Hall–Kier alpha value is -0.0700. The maximum atomic E-state index is 5.32. The molecule has 3 heteroatoms. The highest BCUT2D eigenvalue weighted by Crippen LogP contribution is 2.08. The Morgan fingerprint density at radius 2 is 2.00 bits per heavy atom. The van der Waals surface area contributed by atoms with Gasteiger partial charge in [-0.15, -0.1) is 26.2 Å². The summed E-state index contributed by atoms with van der Waals surface area (Å²) in [5.41, 5.74) is 0. The van der Waals surface area contributed by atoms with E-state index in [1.54, 1.807) is 0 Å². The Kier molecular flexibility index (Phi) is 5.53. The van der Waals surface area contributed by atoms with Crippen molar-refractivity contribution in [2.45, 2.75) is 6.92 Å². The number of hydrogen-bond donors (Lipinski definition) is 0. The molecule has 0 aliphatic rings. The normalized spacial score (nSPS) is 8.55. The Morgan fingerprint density at radius 1 is 1.36 bits per heavy atom. The molecule has 1 aromatic rings. The fourth-order valence-corrected chi connectivity index (χ4v) is 1.06. The van der Waals surface area contributed by atoms with Gasteiger partial charge in [-0.2, -0.15) is 0 Å². The van der Waals surface area contributed by atoms with Crippen LogP contribution in [0.3, 0.4) is 0 Å². The predicted molar refractivity (Wildman–Crippen MR) is 57.3 cm³/mol. The molecule has 0 radical (unpaired) electrons. The van der Waals surface area contributed by atoms with Gasteiger partial charge in [0.1, 0.15) is 5.75 Å². The van der Waals surface area contributed by atoms with Gasteiger partial charge in [0.25, 0.3) is 0 Å². The Bertz CT molecular complexity index is 215. The lowest BCUT2D eigenvalue weighted by molar-refractivity contribution is 0.343. The van der Waals surface area contributed by atoms with Crippen LogP contribution < -0.4 is 10.0 Å². The Morgan fingerprint density at radius 3 is 2.55 bits per heavy atom. The van der Waals surface area contributed by atoms with Gasteiger partial charge in [-0.1, -0.05) is 18.2 Å². The third kappa shape index (κ3) is 3.22. The van der Waals surface area contributed by atoms with E-state index >= 15 is 0 Å². The van der Waals surface area contributed by atoms with Gasteiger partial charge in [-0.3, -0.25) is 0 Å². The molecule has 0 aliphatic heterocycles. The molecule has 1 aromatic carbocycles. The fraction of sp³-hybridized carbons (Fsp3) is 0.250. The molecular weight excluding hydrogens is 223 g/mol. The number of para-hydroxylation sites is 1. The molecule has 0 heterocycles. The molecule has 1 rings (SSSR count). The summed E-state index contributed by atoms with van der Waals surface area (Å²) < 4.78 is 5.32. The fourth-order valence-electron chi connectivity index (χ4n) is 0.767. The van der Waals surface area contributed by atoms with Crippen molar-refractivity contribution in [1.82, 2.24) is 0 Å². The average molecular weight is 235 g/mol. The summed E-state index contributed by atoms with van der Waals surface area (Å²) >= 11 is 0. The molecule has 0 amide bonds. The van der Waals surface area contributed by atoms with E-state index in [0.717, 1.165) is 17.7 Å². The molecule has 1 nitrogen and oxygen atoms in total. The number of hydrogen-bond acceptors (Lipinski definition) is 1. The third-order valence-corrected chi connectivity index (χ3v) is 1.70. The summed E-state index contributed by atoms with van der Waals surface area (Å²) in [6.07, 6.45) is 0. The molecule has 0 N–H and O–H groups in total. The van der Waals surface area contributed by atoms with E-state index in [2.05, 4.69) is 9.24 Å². The topological polar surface area (TPSA) is 9.23 Å². The lowest BCUT2D eigenvalue weighted by Crippen LogP contribution is -2.00. The second kappa shape index (κ2) is 5.56. The molecular formula is C8H12BrOP. The lowest BCUT2D eigenvalue weighted by atomic mass is 10.3. The molecule has 0 saturated carbocycles. The van der Waals surface area contributed by atoms with E-state index in [4.69, 9.17) is 4.74 Å². The van der Waals surface area contributed by atoms with Crippen LogP contribution >= 0.6 is 26.2 Å². The zero-order valence-corrected chi connectivity index (χ0v) is 9.28. The molecule has 0 aliphatic carbocycles.